The summed E-state index contributed by atoms with van der Waals surface area (Å²) in [6.07, 6.45) is 5.36. The number of aryl methyl sites for hydroxylation is 1. The lowest BCUT2D eigenvalue weighted by Gasteiger charge is -2.13. The van der Waals surface area contributed by atoms with E-state index in [9.17, 15) is 4.79 Å². The number of nitrogens with zero attached hydrogens (tertiary/aromatic N) is 2. The van der Waals surface area contributed by atoms with E-state index in [1.54, 1.807) is 0 Å². The van der Waals surface area contributed by atoms with Crippen LogP contribution >= 0.6 is 12.2 Å². The predicted molar refractivity (Wildman–Crippen MR) is 120 cm³/mol. The first-order valence-electron chi connectivity index (χ1n) is 10.4. The Balaban J connectivity index is 1.35. The van der Waals surface area contributed by atoms with Crippen molar-refractivity contribution in [3.8, 4) is 17.1 Å². The topological polar surface area (TPSA) is 71.9 Å². The Kier molecular flexibility index (Phi) is 6.28. The maximum absolute atomic E-state index is 12.5. The second-order valence-corrected chi connectivity index (χ2v) is 8.11. The summed E-state index contributed by atoms with van der Waals surface area (Å²) in [5, 5.41) is 10.1. The maximum atomic E-state index is 12.5. The third-order valence-electron chi connectivity index (χ3n) is 5.34. The molecule has 0 aliphatic heterocycles. The summed E-state index contributed by atoms with van der Waals surface area (Å²) in [4.78, 5) is 12.5. The number of hydrogen-bond acceptors (Lipinski definition) is 4. The van der Waals surface area contributed by atoms with Gasteiger partial charge < -0.3 is 10.1 Å². The lowest BCUT2D eigenvalue weighted by molar-refractivity contribution is -0.116. The van der Waals surface area contributed by atoms with E-state index in [2.05, 4.69) is 21.6 Å². The third-order valence-corrected chi connectivity index (χ3v) is 5.65. The molecule has 0 spiro atoms. The van der Waals surface area contributed by atoms with Gasteiger partial charge in [-0.2, -0.15) is 5.10 Å². The van der Waals surface area contributed by atoms with E-state index in [4.69, 9.17) is 17.0 Å². The molecule has 0 atom stereocenters. The molecule has 0 unspecified atom stereocenters. The van der Waals surface area contributed by atoms with Gasteiger partial charge in [-0.1, -0.05) is 23.8 Å². The van der Waals surface area contributed by atoms with Gasteiger partial charge in [0.15, 0.2) is 10.6 Å². The van der Waals surface area contributed by atoms with Crippen LogP contribution in [-0.2, 0) is 11.3 Å². The number of aromatic amines is 1. The SMILES string of the molecule is Cc1cccc(-c2n[nH]c(=S)n2CCC(=O)Nc2ccc(OC3CCCC3)cc2)c1. The van der Waals surface area contributed by atoms with Crippen LogP contribution in [-0.4, -0.2) is 26.8 Å². The largest absolute Gasteiger partial charge is 0.490 e. The zero-order valence-corrected chi connectivity index (χ0v) is 17.9. The van der Waals surface area contributed by atoms with Gasteiger partial charge in [-0.05, 0) is 75.2 Å². The molecule has 1 aromatic heterocycles. The Labute approximate surface area is 181 Å². The summed E-state index contributed by atoms with van der Waals surface area (Å²) < 4.78 is 8.34. The van der Waals surface area contributed by atoms with E-state index < -0.39 is 0 Å². The van der Waals surface area contributed by atoms with Crippen LogP contribution in [0.3, 0.4) is 0 Å². The molecule has 1 saturated carbocycles. The molecule has 30 heavy (non-hydrogen) atoms. The predicted octanol–water partition coefficient (Wildman–Crippen LogP) is 5.27. The zero-order valence-electron chi connectivity index (χ0n) is 17.1. The lowest BCUT2D eigenvalue weighted by atomic mass is 10.1. The van der Waals surface area contributed by atoms with Crippen molar-refractivity contribution in [1.82, 2.24) is 14.8 Å². The van der Waals surface area contributed by atoms with Crippen molar-refractivity contribution >= 4 is 23.8 Å². The molecule has 1 fully saturated rings. The van der Waals surface area contributed by atoms with Crippen molar-refractivity contribution in [2.24, 2.45) is 0 Å². The van der Waals surface area contributed by atoms with E-state index in [0.717, 1.165) is 41.2 Å². The fraction of sp³-hybridized carbons (Fsp3) is 0.348. The van der Waals surface area contributed by atoms with E-state index in [0.29, 0.717) is 23.8 Å². The van der Waals surface area contributed by atoms with Crippen LogP contribution in [0, 0.1) is 11.7 Å². The van der Waals surface area contributed by atoms with Crippen LogP contribution in [0.2, 0.25) is 0 Å². The molecule has 2 N–H and O–H groups in total. The lowest BCUT2D eigenvalue weighted by Crippen LogP contribution is -2.15. The molecule has 0 bridgehead atoms. The first kappa shape index (κ1) is 20.3. The molecular weight excluding hydrogens is 396 g/mol. The number of H-pyrrole nitrogens is 1. The van der Waals surface area contributed by atoms with E-state index >= 15 is 0 Å². The first-order chi connectivity index (χ1) is 14.6. The molecule has 1 heterocycles. The molecule has 3 aromatic rings. The fourth-order valence-electron chi connectivity index (χ4n) is 3.78. The number of rotatable bonds is 7. The number of carbonyl (C=O) groups excluding carboxylic acids is 1. The van der Waals surface area contributed by atoms with Crippen molar-refractivity contribution in [2.75, 3.05) is 5.32 Å². The second kappa shape index (κ2) is 9.26. The number of ether oxygens (including phenoxy) is 1. The molecule has 0 radical (unpaired) electrons. The molecule has 7 heteroatoms. The highest BCUT2D eigenvalue weighted by molar-refractivity contribution is 7.71. The standard InChI is InChI=1S/C23H26N4O2S/c1-16-5-4-6-17(15-16)22-25-26-23(30)27(22)14-13-21(28)24-18-9-11-20(12-10-18)29-19-7-2-3-8-19/h4-6,9-12,15,19H,2-3,7-8,13-14H2,1H3,(H,24,28)(H,26,30). The van der Waals surface area contributed by atoms with Crippen molar-refractivity contribution in [2.45, 2.75) is 51.7 Å². The molecule has 1 aliphatic carbocycles. The average molecular weight is 423 g/mol. The van der Waals surface area contributed by atoms with Crippen LogP contribution in [0.5, 0.6) is 5.75 Å². The Bertz CT molecular complexity index is 1070. The molecule has 2 aromatic carbocycles. The van der Waals surface area contributed by atoms with Crippen molar-refractivity contribution in [3.05, 3.63) is 58.9 Å². The number of benzene rings is 2. The van der Waals surface area contributed by atoms with Gasteiger partial charge in [0.2, 0.25) is 5.91 Å². The summed E-state index contributed by atoms with van der Waals surface area (Å²) in [6.45, 7) is 2.49. The van der Waals surface area contributed by atoms with Crippen LogP contribution in [0.1, 0.15) is 37.7 Å². The quantitative estimate of drug-likeness (QED) is 0.509. The van der Waals surface area contributed by atoms with Gasteiger partial charge in [-0.15, -0.1) is 0 Å². The minimum atomic E-state index is -0.0715. The van der Waals surface area contributed by atoms with Crippen molar-refractivity contribution in [3.63, 3.8) is 0 Å². The summed E-state index contributed by atoms with van der Waals surface area (Å²) in [5.41, 5.74) is 2.88. The summed E-state index contributed by atoms with van der Waals surface area (Å²) >= 11 is 5.36. The maximum Gasteiger partial charge on any atom is 0.226 e. The monoisotopic (exact) mass is 422 g/mol. The van der Waals surface area contributed by atoms with Gasteiger partial charge in [-0.3, -0.25) is 14.5 Å². The smallest absolute Gasteiger partial charge is 0.226 e. The Morgan fingerprint density at radius 2 is 2.00 bits per heavy atom. The van der Waals surface area contributed by atoms with Gasteiger partial charge in [0.25, 0.3) is 0 Å². The molecule has 4 rings (SSSR count). The van der Waals surface area contributed by atoms with Gasteiger partial charge in [-0.25, -0.2) is 0 Å². The van der Waals surface area contributed by atoms with E-state index in [-0.39, 0.29) is 5.91 Å². The van der Waals surface area contributed by atoms with E-state index in [1.807, 2.05) is 54.0 Å². The summed E-state index contributed by atoms with van der Waals surface area (Å²) in [5.74, 6) is 1.52. The van der Waals surface area contributed by atoms with Crippen LogP contribution in [0.15, 0.2) is 48.5 Å². The van der Waals surface area contributed by atoms with Crippen LogP contribution in [0.4, 0.5) is 5.69 Å². The number of nitrogens with one attached hydrogen (secondary N) is 2. The van der Waals surface area contributed by atoms with E-state index in [1.165, 1.54) is 12.8 Å². The molecule has 0 saturated heterocycles. The Morgan fingerprint density at radius 3 is 2.73 bits per heavy atom. The average Bonchev–Trinajstić information content (AvgIpc) is 3.37. The fourth-order valence-corrected chi connectivity index (χ4v) is 4.01. The molecule has 1 aliphatic rings. The van der Waals surface area contributed by atoms with Crippen LogP contribution in [0.25, 0.3) is 11.4 Å². The number of amides is 1. The first-order valence-corrected chi connectivity index (χ1v) is 10.8. The van der Waals surface area contributed by atoms with Gasteiger partial charge in [0.1, 0.15) is 5.75 Å². The summed E-state index contributed by atoms with van der Waals surface area (Å²) in [7, 11) is 0. The minimum Gasteiger partial charge on any atom is -0.490 e. The second-order valence-electron chi connectivity index (χ2n) is 7.72. The van der Waals surface area contributed by atoms with Gasteiger partial charge in [0, 0.05) is 24.2 Å². The van der Waals surface area contributed by atoms with Crippen molar-refractivity contribution in [1.29, 1.82) is 0 Å². The van der Waals surface area contributed by atoms with Crippen molar-refractivity contribution < 1.29 is 9.53 Å². The number of aromatic nitrogens is 3. The summed E-state index contributed by atoms with van der Waals surface area (Å²) in [6, 6.07) is 15.6. The number of carbonyl (C=O) groups is 1. The normalized spacial score (nSPS) is 14.0. The van der Waals surface area contributed by atoms with Gasteiger partial charge in [0.05, 0.1) is 6.10 Å². The minimum absolute atomic E-state index is 0.0715. The van der Waals surface area contributed by atoms with Crippen LogP contribution < -0.4 is 10.1 Å². The highest BCUT2D eigenvalue weighted by atomic mass is 32.1. The van der Waals surface area contributed by atoms with Gasteiger partial charge >= 0.3 is 0 Å². The molecule has 156 valence electrons. The molecular formula is C23H26N4O2S. The number of hydrogen-bond donors (Lipinski definition) is 2. The highest BCUT2D eigenvalue weighted by Gasteiger charge is 2.16. The molecule has 6 nitrogen and oxygen atoms in total. The third kappa shape index (κ3) is 4.97. The number of anilines is 1. The zero-order chi connectivity index (χ0) is 20.9. The Morgan fingerprint density at radius 1 is 1.23 bits per heavy atom. The highest BCUT2D eigenvalue weighted by Crippen LogP contribution is 2.25. The Hall–Kier alpha value is -2.93. The molecule has 1 amide bonds.